The number of halogens is 1. The standard InChI is InChI=1S/C24H28FN3O4S/c1-24(2,3)32-23(29)28-10-8-16(9-11-28)22-26-20-7-5-17(13-21(20)27-22)18-6-4-15(12-19(18)25)14-33(30)31/h4-7,12-13,16H,8-11,14H2,1-3H3,(H,26,27)(H,30,31)/p-1. The number of piperidine rings is 1. The van der Waals surface area contributed by atoms with E-state index in [4.69, 9.17) is 9.72 Å². The molecule has 1 aliphatic heterocycles. The quantitative estimate of drug-likeness (QED) is 0.547. The molecule has 2 heterocycles. The number of benzene rings is 2. The van der Waals surface area contributed by atoms with Crippen molar-refractivity contribution in [1.29, 1.82) is 0 Å². The molecule has 9 heteroatoms. The predicted molar refractivity (Wildman–Crippen MR) is 124 cm³/mol. The highest BCUT2D eigenvalue weighted by Gasteiger charge is 2.28. The lowest BCUT2D eigenvalue weighted by Gasteiger charge is -2.32. The van der Waals surface area contributed by atoms with Gasteiger partial charge in [0, 0.05) is 30.3 Å². The first-order valence-corrected chi connectivity index (χ1v) is 12.2. The van der Waals surface area contributed by atoms with Crippen LogP contribution in [0.15, 0.2) is 36.4 Å². The Morgan fingerprint density at radius 2 is 1.97 bits per heavy atom. The number of hydrogen-bond donors (Lipinski definition) is 1. The largest absolute Gasteiger partial charge is 0.772 e. The van der Waals surface area contributed by atoms with Crippen LogP contribution in [0, 0.1) is 5.82 Å². The summed E-state index contributed by atoms with van der Waals surface area (Å²) in [5.41, 5.74) is 2.58. The summed E-state index contributed by atoms with van der Waals surface area (Å²) in [5, 5.41) is 0. The number of aromatic nitrogens is 2. The maximum absolute atomic E-state index is 14.6. The Kier molecular flexibility index (Phi) is 6.54. The minimum atomic E-state index is -2.26. The van der Waals surface area contributed by atoms with Gasteiger partial charge >= 0.3 is 6.09 Å². The van der Waals surface area contributed by atoms with Crippen molar-refractivity contribution in [3.63, 3.8) is 0 Å². The van der Waals surface area contributed by atoms with Crippen molar-refractivity contribution in [2.24, 2.45) is 0 Å². The first kappa shape index (κ1) is 23.4. The minimum Gasteiger partial charge on any atom is -0.772 e. The monoisotopic (exact) mass is 472 g/mol. The molecule has 0 bridgehead atoms. The number of carbonyl (C=O) groups is 1. The van der Waals surface area contributed by atoms with E-state index >= 15 is 0 Å². The number of H-pyrrole nitrogens is 1. The van der Waals surface area contributed by atoms with Crippen molar-refractivity contribution in [2.75, 3.05) is 13.1 Å². The Morgan fingerprint density at radius 3 is 2.61 bits per heavy atom. The van der Waals surface area contributed by atoms with Gasteiger partial charge in [-0.15, -0.1) is 0 Å². The number of ether oxygens (including phenoxy) is 1. The van der Waals surface area contributed by atoms with Gasteiger partial charge in [0.05, 0.1) is 11.0 Å². The van der Waals surface area contributed by atoms with Crippen molar-refractivity contribution in [3.05, 3.63) is 53.6 Å². The summed E-state index contributed by atoms with van der Waals surface area (Å²) in [5.74, 6) is 0.377. The number of nitrogens with one attached hydrogen (secondary N) is 1. The Bertz CT molecular complexity index is 1200. The van der Waals surface area contributed by atoms with E-state index in [0.29, 0.717) is 29.8 Å². The van der Waals surface area contributed by atoms with Crippen molar-refractivity contribution in [1.82, 2.24) is 14.9 Å². The number of imidazole rings is 1. The van der Waals surface area contributed by atoms with Crippen molar-refractivity contribution in [2.45, 2.75) is 50.9 Å². The fourth-order valence-electron chi connectivity index (χ4n) is 4.07. The highest BCUT2D eigenvalue weighted by molar-refractivity contribution is 7.78. The van der Waals surface area contributed by atoms with Crippen LogP contribution >= 0.6 is 0 Å². The van der Waals surface area contributed by atoms with E-state index < -0.39 is 22.5 Å². The van der Waals surface area contributed by atoms with Gasteiger partial charge < -0.3 is 19.2 Å². The molecule has 7 nitrogen and oxygen atoms in total. The number of likely N-dealkylation sites (tertiary alicyclic amines) is 1. The molecule has 0 saturated carbocycles. The van der Waals surface area contributed by atoms with Crippen LogP contribution in [0.1, 0.15) is 50.9 Å². The molecule has 4 rings (SSSR count). The Hall–Kier alpha value is -2.78. The second-order valence-corrected chi connectivity index (χ2v) is 10.3. The molecular weight excluding hydrogens is 445 g/mol. The maximum Gasteiger partial charge on any atom is 0.410 e. The van der Waals surface area contributed by atoms with Gasteiger partial charge in [-0.2, -0.15) is 0 Å². The smallest absolute Gasteiger partial charge is 0.410 e. The van der Waals surface area contributed by atoms with Gasteiger partial charge in [0.15, 0.2) is 0 Å². The summed E-state index contributed by atoms with van der Waals surface area (Å²) in [6, 6.07) is 9.98. The van der Waals surface area contributed by atoms with Crippen molar-refractivity contribution >= 4 is 28.2 Å². The number of carbonyl (C=O) groups excluding carboxylic acids is 1. The number of aromatic amines is 1. The summed E-state index contributed by atoms with van der Waals surface area (Å²) < 4.78 is 41.8. The van der Waals surface area contributed by atoms with E-state index in [-0.39, 0.29) is 17.8 Å². The third-order valence-corrected chi connectivity index (χ3v) is 6.23. The summed E-state index contributed by atoms with van der Waals surface area (Å²) in [4.78, 5) is 22.1. The van der Waals surface area contributed by atoms with Crippen LogP contribution in [0.2, 0.25) is 0 Å². The maximum atomic E-state index is 14.6. The summed E-state index contributed by atoms with van der Waals surface area (Å²) >= 11 is -2.26. The Morgan fingerprint density at radius 1 is 1.24 bits per heavy atom. The molecule has 1 aromatic heterocycles. The third kappa shape index (κ3) is 5.59. The molecule has 0 spiro atoms. The van der Waals surface area contributed by atoms with E-state index in [9.17, 15) is 17.9 Å². The van der Waals surface area contributed by atoms with Crippen LogP contribution in [0.3, 0.4) is 0 Å². The van der Waals surface area contributed by atoms with Gasteiger partial charge in [0.25, 0.3) is 0 Å². The molecule has 1 saturated heterocycles. The lowest BCUT2D eigenvalue weighted by molar-refractivity contribution is 0.0203. The molecule has 1 unspecified atom stereocenters. The number of fused-ring (bicyclic) bond motifs is 1. The highest BCUT2D eigenvalue weighted by Crippen LogP contribution is 2.31. The Balaban J connectivity index is 1.48. The lowest BCUT2D eigenvalue weighted by Crippen LogP contribution is -2.41. The second kappa shape index (κ2) is 9.23. The molecule has 0 radical (unpaired) electrons. The average molecular weight is 473 g/mol. The van der Waals surface area contributed by atoms with E-state index in [1.807, 2.05) is 39.0 Å². The minimum absolute atomic E-state index is 0.198. The molecule has 1 amide bonds. The topological polar surface area (TPSA) is 98.3 Å². The molecule has 1 N–H and O–H groups in total. The molecule has 1 aliphatic rings. The lowest BCUT2D eigenvalue weighted by atomic mass is 9.96. The number of nitrogens with zero attached hydrogens (tertiary/aromatic N) is 2. The fraction of sp³-hybridized carbons (Fsp3) is 0.417. The number of amides is 1. The van der Waals surface area contributed by atoms with E-state index in [0.717, 1.165) is 29.7 Å². The molecule has 0 aliphatic carbocycles. The molecular formula is C24H27FN3O4S-. The van der Waals surface area contributed by atoms with Crippen LogP contribution in [0.5, 0.6) is 0 Å². The number of rotatable bonds is 4. The van der Waals surface area contributed by atoms with Crippen molar-refractivity contribution in [3.8, 4) is 11.1 Å². The molecule has 3 aromatic rings. The van der Waals surface area contributed by atoms with Gasteiger partial charge in [-0.25, -0.2) is 14.2 Å². The van der Waals surface area contributed by atoms with E-state index in [2.05, 4.69) is 4.98 Å². The van der Waals surface area contributed by atoms with Gasteiger partial charge in [-0.3, -0.25) is 4.21 Å². The summed E-state index contributed by atoms with van der Waals surface area (Å²) in [7, 11) is 0. The van der Waals surface area contributed by atoms with Crippen LogP contribution in [0.25, 0.3) is 22.2 Å². The van der Waals surface area contributed by atoms with E-state index in [1.54, 1.807) is 17.0 Å². The summed E-state index contributed by atoms with van der Waals surface area (Å²) in [6.07, 6.45) is 1.27. The zero-order chi connectivity index (χ0) is 23.8. The zero-order valence-corrected chi connectivity index (χ0v) is 19.7. The third-order valence-electron chi connectivity index (χ3n) is 5.66. The Labute approximate surface area is 194 Å². The second-order valence-electron chi connectivity index (χ2n) is 9.36. The average Bonchev–Trinajstić information content (AvgIpc) is 3.15. The first-order valence-electron chi connectivity index (χ1n) is 10.9. The SMILES string of the molecule is CC(C)(C)OC(=O)N1CCC(c2nc3ccc(-c4ccc(CS(=O)[O-])cc4F)cc3[nH]2)CC1. The molecule has 2 aromatic carbocycles. The number of hydrogen-bond acceptors (Lipinski definition) is 5. The zero-order valence-electron chi connectivity index (χ0n) is 18.9. The predicted octanol–water partition coefficient (Wildman–Crippen LogP) is 4.86. The van der Waals surface area contributed by atoms with Gasteiger partial charge in [0.2, 0.25) is 0 Å². The first-order chi connectivity index (χ1) is 15.6. The van der Waals surface area contributed by atoms with Crippen LogP contribution < -0.4 is 0 Å². The van der Waals surface area contributed by atoms with Crippen LogP contribution in [-0.2, 0) is 21.6 Å². The van der Waals surface area contributed by atoms with Gasteiger partial charge in [0.1, 0.15) is 17.2 Å². The highest BCUT2D eigenvalue weighted by atomic mass is 32.2. The van der Waals surface area contributed by atoms with Gasteiger partial charge in [-0.1, -0.05) is 29.3 Å². The van der Waals surface area contributed by atoms with E-state index in [1.165, 1.54) is 6.07 Å². The van der Waals surface area contributed by atoms with Crippen LogP contribution in [-0.4, -0.2) is 48.4 Å². The fourth-order valence-corrected chi connectivity index (χ4v) is 4.52. The molecule has 1 atom stereocenters. The van der Waals surface area contributed by atoms with Crippen molar-refractivity contribution < 1.29 is 22.7 Å². The molecule has 1 fully saturated rings. The summed E-state index contributed by atoms with van der Waals surface area (Å²) in [6.45, 7) is 6.78. The van der Waals surface area contributed by atoms with Crippen LogP contribution in [0.4, 0.5) is 9.18 Å². The molecule has 176 valence electrons. The van der Waals surface area contributed by atoms with Gasteiger partial charge in [-0.05, 0) is 62.9 Å². The molecule has 33 heavy (non-hydrogen) atoms. The normalized spacial score (nSPS) is 16.2.